The van der Waals surface area contributed by atoms with Crippen molar-refractivity contribution < 1.29 is 0 Å². The van der Waals surface area contributed by atoms with Gasteiger partial charge < -0.3 is 10.6 Å². The Kier molecular flexibility index (Phi) is 3.81. The van der Waals surface area contributed by atoms with Crippen molar-refractivity contribution in [1.82, 2.24) is 9.97 Å². The molecular formula is C16H20N4. The van der Waals surface area contributed by atoms with Gasteiger partial charge >= 0.3 is 0 Å². The third-order valence-corrected chi connectivity index (χ3v) is 3.98. The molecule has 0 spiro atoms. The average Bonchev–Trinajstić information content (AvgIpc) is 2.49. The molecule has 2 N–H and O–H groups in total. The van der Waals surface area contributed by atoms with Crippen LogP contribution in [0.25, 0.3) is 0 Å². The van der Waals surface area contributed by atoms with E-state index >= 15 is 0 Å². The zero-order valence-corrected chi connectivity index (χ0v) is 11.6. The Labute approximate surface area is 119 Å². The Morgan fingerprint density at radius 3 is 2.55 bits per heavy atom. The maximum atomic E-state index is 5.72. The molecule has 4 heteroatoms. The lowest BCUT2D eigenvalue weighted by molar-refractivity contribution is 0.402. The summed E-state index contributed by atoms with van der Waals surface area (Å²) in [6.07, 6.45) is 5.14. The Balaban J connectivity index is 1.57. The van der Waals surface area contributed by atoms with Gasteiger partial charge in [0.1, 0.15) is 18.0 Å². The Hall–Kier alpha value is -2.10. The van der Waals surface area contributed by atoms with Crippen molar-refractivity contribution in [3.05, 3.63) is 48.3 Å². The largest absolute Gasteiger partial charge is 0.384 e. The highest BCUT2D eigenvalue weighted by atomic mass is 15.2. The number of piperidine rings is 1. The highest BCUT2D eigenvalue weighted by Crippen LogP contribution is 2.24. The maximum absolute atomic E-state index is 5.72. The van der Waals surface area contributed by atoms with E-state index in [2.05, 4.69) is 45.2 Å². The number of anilines is 2. The molecule has 1 aromatic heterocycles. The van der Waals surface area contributed by atoms with Crippen molar-refractivity contribution in [2.45, 2.75) is 19.3 Å². The highest BCUT2D eigenvalue weighted by molar-refractivity contribution is 5.46. The van der Waals surface area contributed by atoms with Gasteiger partial charge in [-0.1, -0.05) is 30.3 Å². The predicted octanol–water partition coefficient (Wildman–Crippen LogP) is 2.52. The number of hydrogen-bond acceptors (Lipinski definition) is 4. The first-order chi connectivity index (χ1) is 9.81. The number of nitrogens with two attached hydrogens (primary N) is 1. The molecular weight excluding hydrogens is 248 g/mol. The van der Waals surface area contributed by atoms with E-state index in [0.717, 1.165) is 24.8 Å². The lowest BCUT2D eigenvalue weighted by Gasteiger charge is -2.32. The number of rotatable bonds is 3. The summed E-state index contributed by atoms with van der Waals surface area (Å²) in [4.78, 5) is 10.6. The summed E-state index contributed by atoms with van der Waals surface area (Å²) in [5.74, 6) is 2.27. The van der Waals surface area contributed by atoms with Crippen LogP contribution in [0.3, 0.4) is 0 Å². The number of nitrogens with zero attached hydrogens (tertiary/aromatic N) is 3. The van der Waals surface area contributed by atoms with Gasteiger partial charge in [0.25, 0.3) is 0 Å². The number of hydrogen-bond donors (Lipinski definition) is 1. The highest BCUT2D eigenvalue weighted by Gasteiger charge is 2.20. The predicted molar refractivity (Wildman–Crippen MR) is 81.5 cm³/mol. The summed E-state index contributed by atoms with van der Waals surface area (Å²) < 4.78 is 0. The first-order valence-corrected chi connectivity index (χ1v) is 7.17. The Morgan fingerprint density at radius 1 is 1.10 bits per heavy atom. The molecule has 1 aromatic carbocycles. The second-order valence-electron chi connectivity index (χ2n) is 5.42. The molecule has 4 nitrogen and oxygen atoms in total. The lowest BCUT2D eigenvalue weighted by Crippen LogP contribution is -2.34. The van der Waals surface area contributed by atoms with Crippen LogP contribution in [0.1, 0.15) is 18.4 Å². The van der Waals surface area contributed by atoms with Gasteiger partial charge in [0, 0.05) is 19.2 Å². The van der Waals surface area contributed by atoms with Gasteiger partial charge in [0.05, 0.1) is 0 Å². The zero-order valence-electron chi connectivity index (χ0n) is 11.6. The van der Waals surface area contributed by atoms with Crippen LogP contribution >= 0.6 is 0 Å². The van der Waals surface area contributed by atoms with Crippen LogP contribution in [-0.2, 0) is 6.42 Å². The van der Waals surface area contributed by atoms with Crippen LogP contribution in [0.15, 0.2) is 42.7 Å². The van der Waals surface area contributed by atoms with Crippen molar-refractivity contribution in [1.29, 1.82) is 0 Å². The van der Waals surface area contributed by atoms with E-state index in [1.807, 2.05) is 6.07 Å². The fraction of sp³-hybridized carbons (Fsp3) is 0.375. The first-order valence-electron chi connectivity index (χ1n) is 7.17. The standard InChI is InChI=1S/C16H20N4/c17-15-11-16(19-12-18-15)20-8-6-14(7-9-20)10-13-4-2-1-3-5-13/h1-5,11-12,14H,6-10H2,(H2,17,18,19). The minimum absolute atomic E-state index is 0.543. The summed E-state index contributed by atoms with van der Waals surface area (Å²) in [6, 6.07) is 12.6. The molecule has 0 aliphatic carbocycles. The molecule has 3 rings (SSSR count). The number of benzene rings is 1. The van der Waals surface area contributed by atoms with Gasteiger partial charge in [0.2, 0.25) is 0 Å². The van der Waals surface area contributed by atoms with Gasteiger partial charge in [-0.2, -0.15) is 0 Å². The van der Waals surface area contributed by atoms with Crippen LogP contribution in [-0.4, -0.2) is 23.1 Å². The minimum atomic E-state index is 0.543. The minimum Gasteiger partial charge on any atom is -0.384 e. The monoisotopic (exact) mass is 268 g/mol. The molecule has 1 fully saturated rings. The maximum Gasteiger partial charge on any atom is 0.134 e. The van der Waals surface area contributed by atoms with E-state index in [4.69, 9.17) is 5.73 Å². The van der Waals surface area contributed by atoms with E-state index in [0.29, 0.717) is 5.82 Å². The van der Waals surface area contributed by atoms with Gasteiger partial charge in [-0.15, -0.1) is 0 Å². The van der Waals surface area contributed by atoms with E-state index in [1.165, 1.54) is 24.8 Å². The van der Waals surface area contributed by atoms with E-state index in [1.54, 1.807) is 6.33 Å². The smallest absolute Gasteiger partial charge is 0.134 e. The Morgan fingerprint density at radius 2 is 1.85 bits per heavy atom. The molecule has 0 bridgehead atoms. The van der Waals surface area contributed by atoms with Gasteiger partial charge in [-0.25, -0.2) is 9.97 Å². The molecule has 1 saturated heterocycles. The van der Waals surface area contributed by atoms with Gasteiger partial charge in [-0.3, -0.25) is 0 Å². The Bertz CT molecular complexity index is 547. The molecule has 1 aliphatic heterocycles. The van der Waals surface area contributed by atoms with Crippen molar-refractivity contribution >= 4 is 11.6 Å². The molecule has 0 atom stereocenters. The van der Waals surface area contributed by atoms with Crippen LogP contribution in [0.2, 0.25) is 0 Å². The molecule has 1 aliphatic rings. The van der Waals surface area contributed by atoms with Crippen LogP contribution in [0.5, 0.6) is 0 Å². The third-order valence-electron chi connectivity index (χ3n) is 3.98. The lowest BCUT2D eigenvalue weighted by atomic mass is 9.90. The molecule has 0 saturated carbocycles. The van der Waals surface area contributed by atoms with Crippen LogP contribution in [0.4, 0.5) is 11.6 Å². The third kappa shape index (κ3) is 3.07. The SMILES string of the molecule is Nc1cc(N2CCC(Cc3ccccc3)CC2)ncn1. The van der Waals surface area contributed by atoms with Crippen molar-refractivity contribution in [3.8, 4) is 0 Å². The zero-order chi connectivity index (χ0) is 13.8. The van der Waals surface area contributed by atoms with Crippen molar-refractivity contribution in [2.24, 2.45) is 5.92 Å². The second-order valence-corrected chi connectivity index (χ2v) is 5.42. The molecule has 2 heterocycles. The van der Waals surface area contributed by atoms with Crippen LogP contribution in [0, 0.1) is 5.92 Å². The topological polar surface area (TPSA) is 55.0 Å². The van der Waals surface area contributed by atoms with Crippen molar-refractivity contribution in [3.63, 3.8) is 0 Å². The normalized spacial score (nSPS) is 16.3. The first kappa shape index (κ1) is 12.9. The molecule has 0 unspecified atom stereocenters. The van der Waals surface area contributed by atoms with E-state index in [-0.39, 0.29) is 0 Å². The number of aromatic nitrogens is 2. The summed E-state index contributed by atoms with van der Waals surface area (Å²) in [7, 11) is 0. The fourth-order valence-corrected chi connectivity index (χ4v) is 2.85. The molecule has 20 heavy (non-hydrogen) atoms. The number of nitrogen functional groups attached to an aromatic ring is 1. The van der Waals surface area contributed by atoms with Gasteiger partial charge in [-0.05, 0) is 30.7 Å². The molecule has 2 aromatic rings. The van der Waals surface area contributed by atoms with Gasteiger partial charge in [0.15, 0.2) is 0 Å². The summed E-state index contributed by atoms with van der Waals surface area (Å²) in [5.41, 5.74) is 7.16. The fourth-order valence-electron chi connectivity index (χ4n) is 2.85. The van der Waals surface area contributed by atoms with Crippen LogP contribution < -0.4 is 10.6 Å². The second kappa shape index (κ2) is 5.90. The molecule has 0 radical (unpaired) electrons. The molecule has 104 valence electrons. The summed E-state index contributed by atoms with van der Waals surface area (Å²) in [5, 5.41) is 0. The molecule has 0 amide bonds. The average molecular weight is 268 g/mol. The summed E-state index contributed by atoms with van der Waals surface area (Å²) >= 11 is 0. The summed E-state index contributed by atoms with van der Waals surface area (Å²) in [6.45, 7) is 2.10. The quantitative estimate of drug-likeness (QED) is 0.929. The van der Waals surface area contributed by atoms with Crippen molar-refractivity contribution in [2.75, 3.05) is 23.7 Å². The van der Waals surface area contributed by atoms with E-state index in [9.17, 15) is 0 Å². The van der Waals surface area contributed by atoms with E-state index < -0.39 is 0 Å².